The summed E-state index contributed by atoms with van der Waals surface area (Å²) in [5, 5.41) is 3.39. The third-order valence-corrected chi connectivity index (χ3v) is 4.34. The predicted molar refractivity (Wildman–Crippen MR) is 102 cm³/mol. The second-order valence-electron chi connectivity index (χ2n) is 5.52. The Labute approximate surface area is 146 Å². The van der Waals surface area contributed by atoms with Crippen LogP contribution in [0.2, 0.25) is 0 Å². The lowest BCUT2D eigenvalue weighted by molar-refractivity contribution is 0.552. The molecule has 0 saturated heterocycles. The van der Waals surface area contributed by atoms with Crippen molar-refractivity contribution in [3.63, 3.8) is 0 Å². The fourth-order valence-electron chi connectivity index (χ4n) is 2.06. The van der Waals surface area contributed by atoms with Crippen LogP contribution in [-0.2, 0) is 6.54 Å². The van der Waals surface area contributed by atoms with Crippen molar-refractivity contribution in [2.24, 2.45) is 4.99 Å². The summed E-state index contributed by atoms with van der Waals surface area (Å²) in [6.45, 7) is 7.86. The molecule has 0 radical (unpaired) electrons. The van der Waals surface area contributed by atoms with E-state index in [0.717, 1.165) is 34.8 Å². The van der Waals surface area contributed by atoms with Gasteiger partial charge in [-0.15, -0.1) is 0 Å². The first-order valence-corrected chi connectivity index (χ1v) is 8.50. The van der Waals surface area contributed by atoms with Gasteiger partial charge in [0.2, 0.25) is 0 Å². The Morgan fingerprint density at radius 3 is 2.74 bits per heavy atom. The van der Waals surface area contributed by atoms with Crippen LogP contribution >= 0.6 is 15.9 Å². The van der Waals surface area contributed by atoms with Crippen molar-refractivity contribution in [2.45, 2.75) is 27.3 Å². The average Bonchev–Trinajstić information content (AvgIpc) is 2.54. The molecule has 0 bridgehead atoms. The summed E-state index contributed by atoms with van der Waals surface area (Å²) in [6.07, 6.45) is 1.83. The summed E-state index contributed by atoms with van der Waals surface area (Å²) in [7, 11) is 2.00. The minimum atomic E-state index is 0.749. The molecule has 4 nitrogen and oxygen atoms in total. The van der Waals surface area contributed by atoms with Crippen molar-refractivity contribution in [1.82, 2.24) is 9.88 Å². The minimum absolute atomic E-state index is 0.749. The second-order valence-corrected chi connectivity index (χ2v) is 6.38. The fraction of sp³-hybridized carbons (Fsp3) is 0.333. The van der Waals surface area contributed by atoms with Gasteiger partial charge in [-0.1, -0.05) is 24.3 Å². The highest BCUT2D eigenvalue weighted by Crippen LogP contribution is 2.28. The molecule has 1 aromatic carbocycles. The normalized spacial score (nSPS) is 11.0. The number of nitrogens with one attached hydrogen (secondary N) is 1. The number of aliphatic imine (C=N–C) groups is 1. The minimum Gasteiger partial charge on any atom is -0.366 e. The third-order valence-electron chi connectivity index (χ3n) is 3.74. The molecule has 0 unspecified atom stereocenters. The second kappa shape index (κ2) is 8.11. The van der Waals surface area contributed by atoms with Crippen molar-refractivity contribution in [3.05, 3.63) is 51.6 Å². The Kier molecular flexibility index (Phi) is 6.16. The van der Waals surface area contributed by atoms with Crippen LogP contribution < -0.4 is 5.32 Å². The number of aryl methyl sites for hydroxylation is 2. The van der Waals surface area contributed by atoms with Gasteiger partial charge in [-0.25, -0.2) is 9.98 Å². The molecule has 0 fully saturated rings. The maximum atomic E-state index is 4.63. The zero-order valence-corrected chi connectivity index (χ0v) is 15.7. The van der Waals surface area contributed by atoms with Gasteiger partial charge < -0.3 is 10.2 Å². The van der Waals surface area contributed by atoms with E-state index in [4.69, 9.17) is 0 Å². The first-order chi connectivity index (χ1) is 11.0. The predicted octanol–water partition coefficient (Wildman–Crippen LogP) is 4.68. The quantitative estimate of drug-likeness (QED) is 0.589. The number of hydrogen-bond donors (Lipinski definition) is 1. The number of aromatic nitrogens is 1. The van der Waals surface area contributed by atoms with Crippen LogP contribution in [-0.4, -0.2) is 29.8 Å². The molecule has 0 saturated carbocycles. The molecule has 122 valence electrons. The number of rotatable bonds is 6. The van der Waals surface area contributed by atoms with Gasteiger partial charge in [0.1, 0.15) is 5.82 Å². The smallest absolute Gasteiger partial charge is 0.141 e. The lowest BCUT2D eigenvalue weighted by Gasteiger charge is -2.12. The zero-order valence-electron chi connectivity index (χ0n) is 14.1. The van der Waals surface area contributed by atoms with Crippen LogP contribution in [0, 0.1) is 13.8 Å². The van der Waals surface area contributed by atoms with Crippen LogP contribution in [0.1, 0.15) is 23.7 Å². The van der Waals surface area contributed by atoms with Crippen molar-refractivity contribution in [1.29, 1.82) is 0 Å². The number of pyridine rings is 1. The Hall–Kier alpha value is -1.88. The molecule has 1 N–H and O–H groups in total. The summed E-state index contributed by atoms with van der Waals surface area (Å²) in [5.74, 6) is 0.841. The Balaban J connectivity index is 2.14. The van der Waals surface area contributed by atoms with Crippen LogP contribution in [0.5, 0.6) is 0 Å². The van der Waals surface area contributed by atoms with Crippen molar-refractivity contribution in [2.75, 3.05) is 18.9 Å². The van der Waals surface area contributed by atoms with Gasteiger partial charge in [-0.2, -0.15) is 0 Å². The number of hydrogen-bond acceptors (Lipinski definition) is 3. The van der Waals surface area contributed by atoms with E-state index in [-0.39, 0.29) is 0 Å². The van der Waals surface area contributed by atoms with Crippen LogP contribution in [0.3, 0.4) is 0 Å². The summed E-state index contributed by atoms with van der Waals surface area (Å²) >= 11 is 3.58. The molecule has 23 heavy (non-hydrogen) atoms. The molecule has 0 spiro atoms. The van der Waals surface area contributed by atoms with Crippen LogP contribution in [0.15, 0.2) is 39.8 Å². The Morgan fingerprint density at radius 1 is 1.30 bits per heavy atom. The number of nitrogens with zero attached hydrogens (tertiary/aromatic N) is 3. The molecule has 0 aliphatic rings. The monoisotopic (exact) mass is 374 g/mol. The molecule has 2 aromatic rings. The summed E-state index contributed by atoms with van der Waals surface area (Å²) in [6, 6.07) is 10.4. The third kappa shape index (κ3) is 4.79. The Bertz CT molecular complexity index is 697. The zero-order chi connectivity index (χ0) is 16.8. The van der Waals surface area contributed by atoms with Gasteiger partial charge in [0, 0.05) is 20.1 Å². The average molecular weight is 375 g/mol. The van der Waals surface area contributed by atoms with Crippen molar-refractivity contribution in [3.8, 4) is 0 Å². The molecule has 5 heteroatoms. The molecule has 0 atom stereocenters. The van der Waals surface area contributed by atoms with E-state index >= 15 is 0 Å². The molecular weight excluding hydrogens is 352 g/mol. The van der Waals surface area contributed by atoms with Crippen molar-refractivity contribution < 1.29 is 0 Å². The standard InChI is InChI=1S/C18H23BrN4/c1-5-23(4)12-21-17-10-16(19)18(22-14(17)3)20-11-15-9-7-6-8-13(15)2/h6-10,12H,5,11H2,1-4H3,(H,20,22)/b21-12+. The molecule has 0 aliphatic carbocycles. The highest BCUT2D eigenvalue weighted by molar-refractivity contribution is 9.10. The van der Waals surface area contributed by atoms with E-state index in [1.807, 2.05) is 31.3 Å². The van der Waals surface area contributed by atoms with Gasteiger partial charge in [0.05, 0.1) is 22.2 Å². The van der Waals surface area contributed by atoms with Gasteiger partial charge in [0.25, 0.3) is 0 Å². The number of anilines is 1. The first-order valence-electron chi connectivity index (χ1n) is 7.71. The van der Waals surface area contributed by atoms with Gasteiger partial charge in [0.15, 0.2) is 0 Å². The first kappa shape index (κ1) is 17.5. The van der Waals surface area contributed by atoms with Gasteiger partial charge in [-0.05, 0) is 53.9 Å². The van der Waals surface area contributed by atoms with Gasteiger partial charge in [-0.3, -0.25) is 0 Å². The largest absolute Gasteiger partial charge is 0.366 e. The van der Waals surface area contributed by atoms with E-state index < -0.39 is 0 Å². The molecular formula is C18H23BrN4. The Morgan fingerprint density at radius 2 is 2.04 bits per heavy atom. The van der Waals surface area contributed by atoms with Crippen LogP contribution in [0.25, 0.3) is 0 Å². The summed E-state index contributed by atoms with van der Waals surface area (Å²) in [4.78, 5) is 11.1. The van der Waals surface area contributed by atoms with Gasteiger partial charge >= 0.3 is 0 Å². The van der Waals surface area contributed by atoms with E-state index in [1.54, 1.807) is 0 Å². The molecule has 2 rings (SSSR count). The highest BCUT2D eigenvalue weighted by atomic mass is 79.9. The lowest BCUT2D eigenvalue weighted by Crippen LogP contribution is -2.14. The highest BCUT2D eigenvalue weighted by Gasteiger charge is 2.07. The van der Waals surface area contributed by atoms with E-state index in [2.05, 4.69) is 69.3 Å². The summed E-state index contributed by atoms with van der Waals surface area (Å²) < 4.78 is 0.919. The SMILES string of the molecule is CCN(C)/C=N/c1cc(Br)c(NCc2ccccc2C)nc1C. The maximum absolute atomic E-state index is 4.63. The molecule has 1 heterocycles. The van der Waals surface area contributed by atoms with E-state index in [1.165, 1.54) is 11.1 Å². The molecule has 1 aromatic heterocycles. The van der Waals surface area contributed by atoms with Crippen LogP contribution in [0.4, 0.5) is 11.5 Å². The topological polar surface area (TPSA) is 40.5 Å². The van der Waals surface area contributed by atoms with Crippen molar-refractivity contribution >= 4 is 33.8 Å². The van der Waals surface area contributed by atoms with E-state index in [0.29, 0.717) is 0 Å². The van der Waals surface area contributed by atoms with E-state index in [9.17, 15) is 0 Å². The fourth-order valence-corrected chi connectivity index (χ4v) is 2.50. The summed E-state index contributed by atoms with van der Waals surface area (Å²) in [5.41, 5.74) is 4.32. The number of benzene rings is 1. The number of halogens is 1. The molecule has 0 amide bonds. The maximum Gasteiger partial charge on any atom is 0.141 e. The molecule has 0 aliphatic heterocycles. The lowest BCUT2D eigenvalue weighted by atomic mass is 10.1.